The van der Waals surface area contributed by atoms with Crippen molar-refractivity contribution in [3.63, 3.8) is 0 Å². The number of carbonyl (C=O) groups excluding carboxylic acids is 1. The Labute approximate surface area is 148 Å². The molecule has 0 spiro atoms. The molecule has 1 unspecified atom stereocenters. The molecule has 0 radical (unpaired) electrons. The summed E-state index contributed by atoms with van der Waals surface area (Å²) in [6.07, 6.45) is 1.40. The van der Waals surface area contributed by atoms with E-state index in [-0.39, 0.29) is 32.1 Å². The number of hydrogen-bond donors (Lipinski definition) is 2. The quantitative estimate of drug-likeness (QED) is 0.558. The van der Waals surface area contributed by atoms with Gasteiger partial charge in [-0.25, -0.2) is 26.0 Å². The number of nitrogens with one attached hydrogen (secondary N) is 1. The molecule has 1 atom stereocenters. The van der Waals surface area contributed by atoms with Crippen molar-refractivity contribution in [2.75, 3.05) is 19.6 Å². The van der Waals surface area contributed by atoms with Crippen LogP contribution in [0.1, 0.15) is 25.7 Å². The molecule has 0 aromatic heterocycles. The van der Waals surface area contributed by atoms with E-state index in [2.05, 4.69) is 5.32 Å². The lowest BCUT2D eigenvalue weighted by atomic mass is 10.1. The van der Waals surface area contributed by atoms with Crippen LogP contribution >= 0.6 is 0 Å². The van der Waals surface area contributed by atoms with Gasteiger partial charge in [-0.1, -0.05) is 6.42 Å². The van der Waals surface area contributed by atoms with E-state index in [0.29, 0.717) is 19.3 Å². The zero-order valence-corrected chi connectivity index (χ0v) is 14.6. The van der Waals surface area contributed by atoms with Gasteiger partial charge in [0.2, 0.25) is 15.9 Å². The molecule has 1 heterocycles. The first-order valence-electron chi connectivity index (χ1n) is 8.01. The minimum Gasteiger partial charge on any atom is -0.354 e. The third kappa shape index (κ3) is 4.15. The Bertz CT molecular complexity index is 763. The van der Waals surface area contributed by atoms with Gasteiger partial charge in [0.05, 0.1) is 0 Å². The van der Waals surface area contributed by atoms with Crippen molar-refractivity contribution in [1.82, 2.24) is 9.62 Å². The molecule has 1 aromatic rings. The van der Waals surface area contributed by atoms with Crippen LogP contribution in [0.15, 0.2) is 11.0 Å². The molecule has 0 aliphatic carbocycles. The van der Waals surface area contributed by atoms with Gasteiger partial charge in [0.15, 0.2) is 28.2 Å². The second-order valence-corrected chi connectivity index (χ2v) is 7.73. The van der Waals surface area contributed by atoms with E-state index in [0.717, 1.165) is 4.31 Å². The second-order valence-electron chi connectivity index (χ2n) is 5.91. The number of rotatable bonds is 6. The molecule has 1 aromatic carbocycles. The van der Waals surface area contributed by atoms with Gasteiger partial charge in [-0.3, -0.25) is 4.79 Å². The maximum absolute atomic E-state index is 14.0. The SMILES string of the molecule is NCCC(=O)NCC1CCCCN1S(=O)(=O)c1c(F)c(F)cc(F)c1F. The minimum atomic E-state index is -4.85. The van der Waals surface area contributed by atoms with Crippen LogP contribution in [0.3, 0.4) is 0 Å². The summed E-state index contributed by atoms with van der Waals surface area (Å²) in [5.74, 6) is -7.94. The molecule has 3 N–H and O–H groups in total. The van der Waals surface area contributed by atoms with E-state index in [4.69, 9.17) is 5.73 Å². The topological polar surface area (TPSA) is 92.5 Å². The van der Waals surface area contributed by atoms with Gasteiger partial charge in [-0.05, 0) is 12.8 Å². The molecule has 0 saturated carbocycles. The van der Waals surface area contributed by atoms with Crippen molar-refractivity contribution in [3.8, 4) is 0 Å². The molecular weight excluding hydrogens is 378 g/mol. The second kappa shape index (κ2) is 8.31. The van der Waals surface area contributed by atoms with Crippen molar-refractivity contribution in [1.29, 1.82) is 0 Å². The Morgan fingerprint density at radius 3 is 2.38 bits per heavy atom. The van der Waals surface area contributed by atoms with Gasteiger partial charge < -0.3 is 11.1 Å². The number of halogens is 4. The zero-order valence-electron chi connectivity index (χ0n) is 13.8. The van der Waals surface area contributed by atoms with Crippen LogP contribution in [0.25, 0.3) is 0 Å². The van der Waals surface area contributed by atoms with Crippen molar-refractivity contribution < 1.29 is 30.8 Å². The molecule has 1 aliphatic rings. The normalized spacial score (nSPS) is 18.7. The summed E-state index contributed by atoms with van der Waals surface area (Å²) in [5.41, 5.74) is 5.25. The van der Waals surface area contributed by atoms with E-state index in [9.17, 15) is 30.8 Å². The molecule has 1 fully saturated rings. The summed E-state index contributed by atoms with van der Waals surface area (Å²) in [6, 6.07) is -0.842. The van der Waals surface area contributed by atoms with E-state index < -0.39 is 50.1 Å². The highest BCUT2D eigenvalue weighted by molar-refractivity contribution is 7.89. The van der Waals surface area contributed by atoms with E-state index >= 15 is 0 Å². The fourth-order valence-corrected chi connectivity index (χ4v) is 4.66. The molecule has 6 nitrogen and oxygen atoms in total. The van der Waals surface area contributed by atoms with Crippen LogP contribution in [0.5, 0.6) is 0 Å². The molecule has 11 heteroatoms. The lowest BCUT2D eigenvalue weighted by molar-refractivity contribution is -0.121. The average Bonchev–Trinajstić information content (AvgIpc) is 2.59. The number of piperidine rings is 1. The molecule has 2 rings (SSSR count). The summed E-state index contributed by atoms with van der Waals surface area (Å²) in [6.45, 7) is -0.0760. The maximum atomic E-state index is 14.0. The van der Waals surface area contributed by atoms with Crippen LogP contribution in [0.4, 0.5) is 17.6 Å². The largest absolute Gasteiger partial charge is 0.354 e. The third-order valence-corrected chi connectivity index (χ3v) is 6.09. The van der Waals surface area contributed by atoms with E-state index in [1.165, 1.54) is 0 Å². The van der Waals surface area contributed by atoms with E-state index in [1.54, 1.807) is 0 Å². The van der Waals surface area contributed by atoms with Crippen molar-refractivity contribution in [3.05, 3.63) is 29.3 Å². The fourth-order valence-electron chi connectivity index (χ4n) is 2.84. The number of benzene rings is 1. The van der Waals surface area contributed by atoms with Crippen molar-refractivity contribution in [2.24, 2.45) is 5.73 Å². The van der Waals surface area contributed by atoms with Gasteiger partial charge in [-0.2, -0.15) is 4.31 Å². The highest BCUT2D eigenvalue weighted by Gasteiger charge is 2.39. The number of sulfonamides is 1. The Balaban J connectivity index is 2.35. The fraction of sp³-hybridized carbons (Fsp3) is 0.533. The lowest BCUT2D eigenvalue weighted by Gasteiger charge is -2.34. The first-order valence-corrected chi connectivity index (χ1v) is 9.45. The van der Waals surface area contributed by atoms with E-state index in [1.807, 2.05) is 0 Å². The standard InChI is InChI=1S/C15H19F4N3O3S/c16-10-7-11(17)14(19)15(13(10)18)26(24,25)22-6-2-1-3-9(22)8-21-12(23)4-5-20/h7,9H,1-6,8,20H2,(H,21,23). The average molecular weight is 397 g/mol. The zero-order chi connectivity index (χ0) is 19.5. The first-order chi connectivity index (χ1) is 12.2. The van der Waals surface area contributed by atoms with Crippen LogP contribution in [-0.4, -0.2) is 44.3 Å². The molecule has 26 heavy (non-hydrogen) atoms. The summed E-state index contributed by atoms with van der Waals surface area (Å²) < 4.78 is 80.9. The smallest absolute Gasteiger partial charge is 0.249 e. The van der Waals surface area contributed by atoms with Crippen molar-refractivity contribution in [2.45, 2.75) is 36.6 Å². The van der Waals surface area contributed by atoms with Crippen LogP contribution in [0.2, 0.25) is 0 Å². The van der Waals surface area contributed by atoms with Crippen LogP contribution < -0.4 is 11.1 Å². The minimum absolute atomic E-state index is 0.0395. The number of carbonyl (C=O) groups is 1. The molecular formula is C15H19F4N3O3S. The highest BCUT2D eigenvalue weighted by atomic mass is 32.2. The van der Waals surface area contributed by atoms with Gasteiger partial charge in [0.25, 0.3) is 0 Å². The van der Waals surface area contributed by atoms with Crippen molar-refractivity contribution >= 4 is 15.9 Å². The van der Waals surface area contributed by atoms with Crippen LogP contribution in [-0.2, 0) is 14.8 Å². The summed E-state index contributed by atoms with van der Waals surface area (Å²) in [5, 5.41) is 2.50. The monoisotopic (exact) mass is 397 g/mol. The number of hydrogen-bond acceptors (Lipinski definition) is 4. The predicted molar refractivity (Wildman–Crippen MR) is 84.5 cm³/mol. The molecule has 1 amide bonds. The molecule has 1 saturated heterocycles. The predicted octanol–water partition coefficient (Wildman–Crippen LogP) is 1.25. The third-order valence-electron chi connectivity index (χ3n) is 4.12. The molecule has 0 bridgehead atoms. The number of amides is 1. The summed E-state index contributed by atoms with van der Waals surface area (Å²) >= 11 is 0. The number of nitrogens with two attached hydrogens (primary N) is 1. The van der Waals surface area contributed by atoms with Crippen LogP contribution in [0, 0.1) is 23.3 Å². The molecule has 146 valence electrons. The lowest BCUT2D eigenvalue weighted by Crippen LogP contribution is -2.49. The first kappa shape index (κ1) is 20.6. The van der Waals surface area contributed by atoms with Gasteiger partial charge >= 0.3 is 0 Å². The Hall–Kier alpha value is -1.72. The Kier molecular flexibility index (Phi) is 6.58. The van der Waals surface area contributed by atoms with Gasteiger partial charge in [-0.15, -0.1) is 0 Å². The Morgan fingerprint density at radius 2 is 1.81 bits per heavy atom. The van der Waals surface area contributed by atoms with Gasteiger partial charge in [0, 0.05) is 38.2 Å². The summed E-state index contributed by atoms with van der Waals surface area (Å²) in [4.78, 5) is 9.87. The summed E-state index contributed by atoms with van der Waals surface area (Å²) in [7, 11) is -4.85. The maximum Gasteiger partial charge on any atom is 0.249 e. The Morgan fingerprint density at radius 1 is 1.19 bits per heavy atom. The number of nitrogens with zero attached hydrogens (tertiary/aromatic N) is 1. The van der Waals surface area contributed by atoms with Gasteiger partial charge in [0.1, 0.15) is 0 Å². The highest BCUT2D eigenvalue weighted by Crippen LogP contribution is 2.30. The molecule has 1 aliphatic heterocycles.